The molecule has 2 N–H and O–H groups in total. The summed E-state index contributed by atoms with van der Waals surface area (Å²) in [6.07, 6.45) is 1.30. The van der Waals surface area contributed by atoms with Crippen LogP contribution in [0.25, 0.3) is 0 Å². The number of aliphatic hydroxyl groups is 1. The van der Waals surface area contributed by atoms with Crippen LogP contribution in [0, 0.1) is 0 Å². The number of carbonyl (C=O) groups is 1. The highest BCUT2D eigenvalue weighted by atomic mass is 16.3. The molecule has 0 radical (unpaired) electrons. The third-order valence-corrected chi connectivity index (χ3v) is 1.69. The molecule has 0 aromatic carbocycles. The van der Waals surface area contributed by atoms with Gasteiger partial charge in [-0.2, -0.15) is 0 Å². The van der Waals surface area contributed by atoms with E-state index < -0.39 is 0 Å². The normalized spacial score (nSPS) is 34.7. The largest absolute Gasteiger partial charge is 0.394 e. The number of nitrogens with one attached hydrogen (secondary N) is 1. The fourth-order valence-corrected chi connectivity index (χ4v) is 0.970. The van der Waals surface area contributed by atoms with Gasteiger partial charge < -0.3 is 10.4 Å². The van der Waals surface area contributed by atoms with Crippen molar-refractivity contribution in [1.29, 1.82) is 0 Å². The summed E-state index contributed by atoms with van der Waals surface area (Å²) in [4.78, 5) is 10.6. The maximum atomic E-state index is 10.6. The Morgan fingerprint density at radius 1 is 1.89 bits per heavy atom. The molecule has 3 nitrogen and oxygen atoms in total. The van der Waals surface area contributed by atoms with Crippen molar-refractivity contribution >= 4 is 5.91 Å². The van der Waals surface area contributed by atoms with Gasteiger partial charge in [-0.25, -0.2) is 0 Å². The van der Waals surface area contributed by atoms with Gasteiger partial charge in [-0.3, -0.25) is 4.79 Å². The molecular weight excluding hydrogens is 118 g/mol. The quantitative estimate of drug-likeness (QED) is 0.508. The van der Waals surface area contributed by atoms with Gasteiger partial charge in [0.25, 0.3) is 0 Å². The van der Waals surface area contributed by atoms with Gasteiger partial charge in [-0.15, -0.1) is 0 Å². The van der Waals surface area contributed by atoms with Crippen LogP contribution in [0.5, 0.6) is 0 Å². The highest BCUT2D eigenvalue weighted by Gasteiger charge is 2.31. The first-order chi connectivity index (χ1) is 4.16. The summed E-state index contributed by atoms with van der Waals surface area (Å²) in [6.45, 7) is 1.89. The van der Waals surface area contributed by atoms with Crippen LogP contribution < -0.4 is 5.32 Å². The molecule has 1 rings (SSSR count). The molecule has 0 aliphatic carbocycles. The lowest BCUT2D eigenvalue weighted by Crippen LogP contribution is -2.41. The molecule has 1 atom stereocenters. The van der Waals surface area contributed by atoms with E-state index in [0.29, 0.717) is 6.42 Å². The lowest BCUT2D eigenvalue weighted by molar-refractivity contribution is -0.119. The maximum Gasteiger partial charge on any atom is 0.220 e. The zero-order chi connectivity index (χ0) is 6.91. The molecule has 0 unspecified atom stereocenters. The molecule has 0 aromatic heterocycles. The van der Waals surface area contributed by atoms with E-state index in [-0.39, 0.29) is 18.1 Å². The number of rotatable bonds is 1. The predicted octanol–water partition coefficient (Wildman–Crippen LogP) is -0.353. The van der Waals surface area contributed by atoms with Gasteiger partial charge in [0.2, 0.25) is 5.91 Å². The van der Waals surface area contributed by atoms with Crippen LogP contribution >= 0.6 is 0 Å². The first-order valence-electron chi connectivity index (χ1n) is 3.08. The molecule has 3 heteroatoms. The van der Waals surface area contributed by atoms with E-state index in [2.05, 4.69) is 5.32 Å². The van der Waals surface area contributed by atoms with Crippen molar-refractivity contribution in [3.8, 4) is 0 Å². The second-order valence-electron chi connectivity index (χ2n) is 2.77. The Bertz CT molecular complexity index is 135. The molecule has 9 heavy (non-hydrogen) atoms. The summed E-state index contributed by atoms with van der Waals surface area (Å²) < 4.78 is 0. The van der Waals surface area contributed by atoms with Crippen molar-refractivity contribution in [2.24, 2.45) is 0 Å². The van der Waals surface area contributed by atoms with E-state index in [0.717, 1.165) is 6.42 Å². The van der Waals surface area contributed by atoms with Crippen LogP contribution in [0.15, 0.2) is 0 Å². The van der Waals surface area contributed by atoms with Crippen molar-refractivity contribution in [2.75, 3.05) is 6.61 Å². The summed E-state index contributed by atoms with van der Waals surface area (Å²) >= 11 is 0. The van der Waals surface area contributed by atoms with Gasteiger partial charge in [-0.05, 0) is 13.3 Å². The summed E-state index contributed by atoms with van der Waals surface area (Å²) in [5.74, 6) is 0.0477. The van der Waals surface area contributed by atoms with E-state index in [1.165, 1.54) is 0 Å². The number of carbonyl (C=O) groups excluding carboxylic acids is 1. The minimum absolute atomic E-state index is 0.0404. The average Bonchev–Trinajstić information content (AvgIpc) is 2.13. The van der Waals surface area contributed by atoms with Gasteiger partial charge >= 0.3 is 0 Å². The molecule has 52 valence electrons. The summed E-state index contributed by atoms with van der Waals surface area (Å²) in [7, 11) is 0. The molecule has 1 aliphatic rings. The molecule has 1 amide bonds. The van der Waals surface area contributed by atoms with Crippen molar-refractivity contribution in [1.82, 2.24) is 5.32 Å². The molecule has 1 fully saturated rings. The van der Waals surface area contributed by atoms with Crippen LogP contribution in [0.4, 0.5) is 0 Å². The lowest BCUT2D eigenvalue weighted by Gasteiger charge is -2.19. The average molecular weight is 129 g/mol. The van der Waals surface area contributed by atoms with Crippen molar-refractivity contribution in [3.05, 3.63) is 0 Å². The Labute approximate surface area is 54.1 Å². The van der Waals surface area contributed by atoms with Crippen molar-refractivity contribution in [3.63, 3.8) is 0 Å². The Morgan fingerprint density at radius 3 is 2.78 bits per heavy atom. The third-order valence-electron chi connectivity index (χ3n) is 1.69. The number of aliphatic hydroxyl groups excluding tert-OH is 1. The number of amides is 1. The van der Waals surface area contributed by atoms with Crippen LogP contribution in [0.2, 0.25) is 0 Å². The maximum absolute atomic E-state index is 10.6. The fraction of sp³-hybridized carbons (Fsp3) is 0.833. The van der Waals surface area contributed by atoms with E-state index in [1.54, 1.807) is 0 Å². The second-order valence-corrected chi connectivity index (χ2v) is 2.77. The Balaban J connectivity index is 2.54. The predicted molar refractivity (Wildman–Crippen MR) is 32.9 cm³/mol. The summed E-state index contributed by atoms with van der Waals surface area (Å²) in [6, 6.07) is 0. The van der Waals surface area contributed by atoms with E-state index >= 15 is 0 Å². The molecule has 1 aliphatic heterocycles. The van der Waals surface area contributed by atoms with Crippen LogP contribution in [0.3, 0.4) is 0 Å². The SMILES string of the molecule is C[C@@]1(CO)CCC(=O)N1. The smallest absolute Gasteiger partial charge is 0.220 e. The number of hydrogen-bond acceptors (Lipinski definition) is 2. The highest BCUT2D eigenvalue weighted by molar-refractivity contribution is 5.79. The first kappa shape index (κ1) is 6.55. The fourth-order valence-electron chi connectivity index (χ4n) is 0.970. The molecule has 0 aromatic rings. The Morgan fingerprint density at radius 2 is 2.56 bits per heavy atom. The van der Waals surface area contributed by atoms with Gasteiger partial charge in [0, 0.05) is 6.42 Å². The second kappa shape index (κ2) is 1.99. The zero-order valence-corrected chi connectivity index (χ0v) is 5.48. The minimum Gasteiger partial charge on any atom is -0.394 e. The summed E-state index contributed by atoms with van der Waals surface area (Å²) in [5, 5.41) is 11.4. The van der Waals surface area contributed by atoms with Gasteiger partial charge in [-0.1, -0.05) is 0 Å². The lowest BCUT2D eigenvalue weighted by atomic mass is 10.0. The monoisotopic (exact) mass is 129 g/mol. The summed E-state index contributed by atoms with van der Waals surface area (Å²) in [5.41, 5.74) is -0.336. The van der Waals surface area contributed by atoms with E-state index in [1.807, 2.05) is 6.92 Å². The molecule has 1 saturated heterocycles. The van der Waals surface area contributed by atoms with Crippen molar-refractivity contribution in [2.45, 2.75) is 25.3 Å². The van der Waals surface area contributed by atoms with Gasteiger partial charge in [0.05, 0.1) is 12.1 Å². The van der Waals surface area contributed by atoms with Crippen molar-refractivity contribution < 1.29 is 9.90 Å². The topological polar surface area (TPSA) is 49.3 Å². The standard InChI is InChI=1S/C6H11NO2/c1-6(4-8)3-2-5(9)7-6/h8H,2-4H2,1H3,(H,7,9)/t6-/m0/s1. The molecule has 1 heterocycles. The molecule has 0 saturated carbocycles. The van der Waals surface area contributed by atoms with E-state index in [9.17, 15) is 4.79 Å². The van der Waals surface area contributed by atoms with Crippen LogP contribution in [0.1, 0.15) is 19.8 Å². The molecular formula is C6H11NO2. The first-order valence-corrected chi connectivity index (χ1v) is 3.08. The zero-order valence-electron chi connectivity index (χ0n) is 5.48. The molecule has 0 bridgehead atoms. The Hall–Kier alpha value is -0.570. The number of hydrogen-bond donors (Lipinski definition) is 2. The Kier molecular flexibility index (Phi) is 1.45. The third kappa shape index (κ3) is 1.21. The minimum atomic E-state index is -0.336. The van der Waals surface area contributed by atoms with Crippen LogP contribution in [-0.2, 0) is 4.79 Å². The van der Waals surface area contributed by atoms with Gasteiger partial charge in [0.1, 0.15) is 0 Å². The van der Waals surface area contributed by atoms with Gasteiger partial charge in [0.15, 0.2) is 0 Å². The van der Waals surface area contributed by atoms with E-state index in [4.69, 9.17) is 5.11 Å². The highest BCUT2D eigenvalue weighted by Crippen LogP contribution is 2.17. The molecule has 0 spiro atoms. The van der Waals surface area contributed by atoms with Crippen LogP contribution in [-0.4, -0.2) is 23.2 Å².